The molecule has 7 nitrogen and oxygen atoms in total. The Hall–Kier alpha value is -1.63. The smallest absolute Gasteiger partial charge is 0.397 e. The quantitative estimate of drug-likeness (QED) is 0.215. The van der Waals surface area contributed by atoms with Gasteiger partial charge in [0.15, 0.2) is 0 Å². The van der Waals surface area contributed by atoms with Crippen LogP contribution in [0.2, 0.25) is 10.0 Å². The number of nitrogens with one attached hydrogen (secondary N) is 2. The third kappa shape index (κ3) is 10.9. The van der Waals surface area contributed by atoms with Crippen molar-refractivity contribution in [3.05, 3.63) is 63.1 Å². The van der Waals surface area contributed by atoms with Gasteiger partial charge in [-0.3, -0.25) is 0 Å². The number of rotatable bonds is 10. The van der Waals surface area contributed by atoms with E-state index in [9.17, 15) is 23.4 Å². The van der Waals surface area contributed by atoms with Crippen LogP contribution in [0.1, 0.15) is 56.6 Å². The van der Waals surface area contributed by atoms with E-state index >= 15 is 0 Å². The van der Waals surface area contributed by atoms with Crippen molar-refractivity contribution in [1.82, 2.24) is 10.6 Å². The van der Waals surface area contributed by atoms with Crippen LogP contribution in [0.4, 0.5) is 18.9 Å². The molecule has 0 fully saturated rings. The van der Waals surface area contributed by atoms with E-state index in [-0.39, 0.29) is 30.3 Å². The number of hydrogen-bond acceptors (Lipinski definition) is 7. The molecule has 0 aliphatic heterocycles. The lowest BCUT2D eigenvalue weighted by Crippen LogP contribution is -2.44. The summed E-state index contributed by atoms with van der Waals surface area (Å²) in [6.07, 6.45) is -6.53. The van der Waals surface area contributed by atoms with Crippen molar-refractivity contribution in [2.45, 2.75) is 57.2 Å². The lowest BCUT2D eigenvalue weighted by molar-refractivity contribution is -0.137. The Kier molecular flexibility index (Phi) is 12.6. The highest BCUT2D eigenvalue weighted by Crippen LogP contribution is 2.38. The van der Waals surface area contributed by atoms with Gasteiger partial charge in [0.25, 0.3) is 0 Å². The molecule has 0 heterocycles. The average molecular weight is 570 g/mol. The summed E-state index contributed by atoms with van der Waals surface area (Å²) in [6, 6.07) is 9.17. The standard InChI is InChI=1S/C13H18ClF3N2O2.C12H18ClNO2/c1-12(2,6-20)19-5-10(21)7-3-8(13(15,16)17)11(18)9(14)4-7;1-12(2,8-15)14-7-11(16)9-5-3-4-6-10(9)13/h3-4,10,19-21H,5-6,18H2,1-2H3;3-6,11,14-16H,7-8H2,1-2H3. The van der Waals surface area contributed by atoms with Gasteiger partial charge in [-0.15, -0.1) is 0 Å². The lowest BCUT2D eigenvalue weighted by Gasteiger charge is -2.26. The number of aliphatic hydroxyl groups excluding tert-OH is 4. The number of hydrogen-bond donors (Lipinski definition) is 7. The van der Waals surface area contributed by atoms with Gasteiger partial charge in [0, 0.05) is 34.8 Å². The van der Waals surface area contributed by atoms with Gasteiger partial charge in [-0.2, -0.15) is 13.2 Å². The second kappa shape index (κ2) is 14.0. The third-order valence-corrected chi connectivity index (χ3v) is 6.10. The molecule has 0 aliphatic rings. The molecule has 210 valence electrons. The fourth-order valence-corrected chi connectivity index (χ4v) is 3.39. The van der Waals surface area contributed by atoms with Crippen molar-refractivity contribution in [1.29, 1.82) is 0 Å². The molecule has 0 bridgehead atoms. The summed E-state index contributed by atoms with van der Waals surface area (Å²) in [5.74, 6) is 0. The predicted octanol–water partition coefficient (Wildman–Crippen LogP) is 4.07. The maximum absolute atomic E-state index is 12.8. The van der Waals surface area contributed by atoms with Crippen LogP contribution in [0.25, 0.3) is 0 Å². The number of nitrogen functional groups attached to an aromatic ring is 1. The average Bonchev–Trinajstić information content (AvgIpc) is 2.82. The number of benzene rings is 2. The molecule has 2 rings (SSSR count). The van der Waals surface area contributed by atoms with Gasteiger partial charge in [0.1, 0.15) is 0 Å². The first-order valence-corrected chi connectivity index (χ1v) is 12.2. The Balaban J connectivity index is 0.000000384. The van der Waals surface area contributed by atoms with Crippen LogP contribution in [0.3, 0.4) is 0 Å². The molecule has 2 aromatic rings. The Labute approximate surface area is 225 Å². The van der Waals surface area contributed by atoms with Crippen molar-refractivity contribution >= 4 is 28.9 Å². The van der Waals surface area contributed by atoms with E-state index in [1.54, 1.807) is 26.0 Å². The van der Waals surface area contributed by atoms with Crippen LogP contribution < -0.4 is 16.4 Å². The fourth-order valence-electron chi connectivity index (χ4n) is 2.90. The van der Waals surface area contributed by atoms with E-state index in [2.05, 4.69) is 10.6 Å². The number of β-amino-alcohol motifs (C(OH)–C–C–N with tert-alkyl or cyclic N) is 2. The fraction of sp³-hybridized carbons (Fsp3) is 0.520. The molecule has 0 spiro atoms. The molecule has 37 heavy (non-hydrogen) atoms. The van der Waals surface area contributed by atoms with Crippen LogP contribution in [-0.2, 0) is 6.18 Å². The van der Waals surface area contributed by atoms with Crippen molar-refractivity contribution in [3.63, 3.8) is 0 Å². The molecule has 2 unspecified atom stereocenters. The van der Waals surface area contributed by atoms with Crippen molar-refractivity contribution in [3.8, 4) is 0 Å². The van der Waals surface area contributed by atoms with Crippen molar-refractivity contribution in [2.24, 2.45) is 0 Å². The molecule has 0 radical (unpaired) electrons. The maximum Gasteiger partial charge on any atom is 0.418 e. The molecule has 2 aromatic carbocycles. The summed E-state index contributed by atoms with van der Waals surface area (Å²) in [5.41, 5.74) is 3.32. The van der Waals surface area contributed by atoms with Gasteiger partial charge in [-0.1, -0.05) is 41.4 Å². The van der Waals surface area contributed by atoms with Gasteiger partial charge in [0.05, 0.1) is 41.7 Å². The Morgan fingerprint density at radius 2 is 1.32 bits per heavy atom. The van der Waals surface area contributed by atoms with E-state index in [1.165, 1.54) is 6.07 Å². The zero-order valence-electron chi connectivity index (χ0n) is 21.2. The van der Waals surface area contributed by atoms with Crippen molar-refractivity contribution < 1.29 is 33.6 Å². The Morgan fingerprint density at radius 1 is 0.838 bits per heavy atom. The van der Waals surface area contributed by atoms with Gasteiger partial charge in [-0.05, 0) is 51.5 Å². The normalized spacial score (nSPS) is 14.1. The topological polar surface area (TPSA) is 131 Å². The lowest BCUT2D eigenvalue weighted by atomic mass is 10.0. The molecule has 0 aliphatic carbocycles. The van der Waals surface area contributed by atoms with E-state index < -0.39 is 40.7 Å². The van der Waals surface area contributed by atoms with Crippen molar-refractivity contribution in [2.75, 3.05) is 32.0 Å². The summed E-state index contributed by atoms with van der Waals surface area (Å²) in [4.78, 5) is 0. The molecular weight excluding hydrogens is 534 g/mol. The highest BCUT2D eigenvalue weighted by Gasteiger charge is 2.35. The van der Waals surface area contributed by atoms with Gasteiger partial charge >= 0.3 is 6.18 Å². The second-order valence-corrected chi connectivity index (χ2v) is 10.7. The van der Waals surface area contributed by atoms with Gasteiger partial charge in [-0.25, -0.2) is 0 Å². The first kappa shape index (κ1) is 33.4. The number of halogens is 5. The monoisotopic (exact) mass is 569 g/mol. The number of nitrogens with two attached hydrogens (primary N) is 1. The van der Waals surface area contributed by atoms with E-state index in [1.807, 2.05) is 26.0 Å². The van der Waals surface area contributed by atoms with Gasteiger partial charge in [0.2, 0.25) is 0 Å². The van der Waals surface area contributed by atoms with Crippen LogP contribution in [0.15, 0.2) is 36.4 Å². The number of aliphatic hydroxyl groups is 4. The van der Waals surface area contributed by atoms with E-state index in [0.29, 0.717) is 17.1 Å². The summed E-state index contributed by atoms with van der Waals surface area (Å²) in [6.45, 7) is 7.27. The zero-order valence-corrected chi connectivity index (χ0v) is 22.7. The summed E-state index contributed by atoms with van der Waals surface area (Å²) < 4.78 is 38.5. The summed E-state index contributed by atoms with van der Waals surface area (Å²) in [7, 11) is 0. The molecule has 12 heteroatoms. The zero-order chi connectivity index (χ0) is 28.6. The predicted molar refractivity (Wildman–Crippen MR) is 141 cm³/mol. The van der Waals surface area contributed by atoms with Crippen LogP contribution in [-0.4, -0.2) is 57.8 Å². The van der Waals surface area contributed by atoms with Crippen LogP contribution >= 0.6 is 23.2 Å². The van der Waals surface area contributed by atoms with E-state index in [0.717, 1.165) is 6.07 Å². The minimum Gasteiger partial charge on any atom is -0.397 e. The first-order chi connectivity index (χ1) is 16.9. The highest BCUT2D eigenvalue weighted by atomic mass is 35.5. The minimum absolute atomic E-state index is 0.00256. The van der Waals surface area contributed by atoms with Gasteiger partial charge < -0.3 is 36.8 Å². The molecule has 8 N–H and O–H groups in total. The largest absolute Gasteiger partial charge is 0.418 e. The highest BCUT2D eigenvalue weighted by molar-refractivity contribution is 6.33. The molecule has 0 saturated heterocycles. The molecule has 0 aromatic heterocycles. The van der Waals surface area contributed by atoms with Crippen LogP contribution in [0.5, 0.6) is 0 Å². The summed E-state index contributed by atoms with van der Waals surface area (Å²) in [5, 5.41) is 44.3. The Morgan fingerprint density at radius 3 is 1.78 bits per heavy atom. The molecular formula is C25H36Cl2F3N3O4. The number of anilines is 1. The minimum atomic E-state index is -4.65. The number of alkyl halides is 3. The Bertz CT molecular complexity index is 1010. The van der Waals surface area contributed by atoms with Crippen LogP contribution in [0, 0.1) is 0 Å². The SMILES string of the molecule is CC(C)(CO)NCC(O)c1cc(Cl)c(N)c(C(F)(F)F)c1.CC(C)(CO)NCC(O)c1ccccc1Cl. The maximum atomic E-state index is 12.8. The first-order valence-electron chi connectivity index (χ1n) is 11.4. The van der Waals surface area contributed by atoms with E-state index in [4.69, 9.17) is 39.1 Å². The summed E-state index contributed by atoms with van der Waals surface area (Å²) >= 11 is 11.7. The molecule has 0 saturated carbocycles. The molecule has 0 amide bonds. The third-order valence-electron chi connectivity index (χ3n) is 5.44. The molecule has 2 atom stereocenters. The second-order valence-electron chi connectivity index (χ2n) is 9.86.